The second-order valence-electron chi connectivity index (χ2n) is 7.98. The molecule has 2 aromatic rings. The topological polar surface area (TPSA) is 121 Å². The minimum atomic E-state index is -3.29. The van der Waals surface area contributed by atoms with Gasteiger partial charge < -0.3 is 16.2 Å². The van der Waals surface area contributed by atoms with Gasteiger partial charge in [0.05, 0.1) is 24.1 Å². The molecule has 3 heterocycles. The third-order valence-corrected chi connectivity index (χ3v) is 7.15. The highest BCUT2D eigenvalue weighted by atomic mass is 32.2. The smallest absolute Gasteiger partial charge is 0.211 e. The summed E-state index contributed by atoms with van der Waals surface area (Å²) in [5.74, 6) is 1.03. The Hall–Kier alpha value is -1.81. The number of nitrogens with two attached hydrogens (primary N) is 1. The Balaban J connectivity index is 1.55. The highest BCUT2D eigenvalue weighted by molar-refractivity contribution is 7.88. The summed E-state index contributed by atoms with van der Waals surface area (Å²) in [6, 6.07) is 3.92. The summed E-state index contributed by atoms with van der Waals surface area (Å²) >= 11 is 0. The highest BCUT2D eigenvalue weighted by Crippen LogP contribution is 2.36. The Bertz CT molecular complexity index is 967. The molecule has 1 aliphatic heterocycles. The van der Waals surface area contributed by atoms with Gasteiger partial charge >= 0.3 is 0 Å². The molecule has 28 heavy (non-hydrogen) atoms. The molecule has 2 aliphatic rings. The maximum absolute atomic E-state index is 11.7. The number of β-amino-alcohol motifs (C(OH)–C–C–N with tert-alkyl or cyclic N) is 1. The number of fused-ring (bicyclic) bond motifs is 1. The molecule has 4 N–H and O–H groups in total. The quantitative estimate of drug-likeness (QED) is 0.694. The van der Waals surface area contributed by atoms with E-state index in [-0.39, 0.29) is 18.6 Å². The van der Waals surface area contributed by atoms with Gasteiger partial charge in [0.2, 0.25) is 10.0 Å². The lowest BCUT2D eigenvalue weighted by molar-refractivity contribution is 0.0952. The van der Waals surface area contributed by atoms with Crippen LogP contribution in [0.15, 0.2) is 24.5 Å². The number of aliphatic hydroxyl groups excluding tert-OH is 1. The van der Waals surface area contributed by atoms with Crippen LogP contribution in [0.25, 0.3) is 10.8 Å². The van der Waals surface area contributed by atoms with E-state index in [1.165, 1.54) is 10.6 Å². The average Bonchev–Trinajstić information content (AvgIpc) is 3.08. The summed E-state index contributed by atoms with van der Waals surface area (Å²) in [7, 11) is -3.29. The van der Waals surface area contributed by atoms with E-state index >= 15 is 0 Å². The van der Waals surface area contributed by atoms with Crippen molar-refractivity contribution in [1.82, 2.24) is 14.3 Å². The predicted molar refractivity (Wildman–Crippen MR) is 109 cm³/mol. The monoisotopic (exact) mass is 405 g/mol. The fraction of sp³-hybridized carbons (Fsp3) is 0.579. The number of nitrogens with zero attached hydrogens (tertiary/aromatic N) is 3. The van der Waals surface area contributed by atoms with Crippen LogP contribution in [-0.4, -0.2) is 65.3 Å². The zero-order valence-corrected chi connectivity index (χ0v) is 16.8. The molecule has 1 saturated heterocycles. The van der Waals surface area contributed by atoms with Crippen molar-refractivity contribution in [1.29, 1.82) is 0 Å². The first-order chi connectivity index (χ1) is 13.3. The van der Waals surface area contributed by atoms with Gasteiger partial charge in [0.25, 0.3) is 0 Å². The van der Waals surface area contributed by atoms with Crippen LogP contribution < -0.4 is 11.1 Å². The van der Waals surface area contributed by atoms with Gasteiger partial charge in [-0.05, 0) is 37.8 Å². The van der Waals surface area contributed by atoms with Crippen LogP contribution in [0.4, 0.5) is 5.82 Å². The number of sulfonamides is 1. The highest BCUT2D eigenvalue weighted by Gasteiger charge is 2.32. The molecule has 4 rings (SSSR count). The fourth-order valence-electron chi connectivity index (χ4n) is 4.32. The molecule has 0 amide bonds. The molecule has 0 spiro atoms. The summed E-state index contributed by atoms with van der Waals surface area (Å²) < 4.78 is 24.7. The van der Waals surface area contributed by atoms with Crippen molar-refractivity contribution < 1.29 is 13.5 Å². The normalized spacial score (nSPS) is 29.2. The number of piperidine rings is 1. The summed E-state index contributed by atoms with van der Waals surface area (Å²) in [6.45, 7) is 0.477. The minimum Gasteiger partial charge on any atom is -0.390 e. The lowest BCUT2D eigenvalue weighted by atomic mass is 9.98. The molecule has 9 heteroatoms. The van der Waals surface area contributed by atoms with Crippen molar-refractivity contribution in [2.75, 3.05) is 24.7 Å². The first-order valence-corrected chi connectivity index (χ1v) is 11.6. The Kier molecular flexibility index (Phi) is 5.26. The van der Waals surface area contributed by atoms with Gasteiger partial charge in [0.15, 0.2) is 0 Å². The lowest BCUT2D eigenvalue weighted by Crippen LogP contribution is -2.51. The van der Waals surface area contributed by atoms with Gasteiger partial charge in [0, 0.05) is 48.2 Å². The van der Waals surface area contributed by atoms with E-state index in [1.54, 1.807) is 0 Å². The zero-order chi connectivity index (χ0) is 19.9. The number of aromatic nitrogens is 2. The summed E-state index contributed by atoms with van der Waals surface area (Å²) in [6.07, 6.45) is 7.54. The van der Waals surface area contributed by atoms with Crippen molar-refractivity contribution in [3.63, 3.8) is 0 Å². The van der Waals surface area contributed by atoms with Crippen molar-refractivity contribution in [2.45, 2.75) is 49.8 Å². The van der Waals surface area contributed by atoms with E-state index in [1.807, 2.05) is 24.5 Å². The van der Waals surface area contributed by atoms with Crippen LogP contribution in [0.2, 0.25) is 0 Å². The average molecular weight is 406 g/mol. The van der Waals surface area contributed by atoms with Crippen LogP contribution in [0.1, 0.15) is 37.3 Å². The number of hydrogen-bond acceptors (Lipinski definition) is 7. The Morgan fingerprint density at radius 2 is 2.11 bits per heavy atom. The molecule has 2 aromatic heterocycles. The number of aliphatic hydroxyl groups is 1. The second kappa shape index (κ2) is 7.55. The first-order valence-electron chi connectivity index (χ1n) is 9.71. The molecule has 152 valence electrons. The van der Waals surface area contributed by atoms with Crippen molar-refractivity contribution in [3.05, 3.63) is 30.2 Å². The zero-order valence-electron chi connectivity index (χ0n) is 16.0. The summed E-state index contributed by atoms with van der Waals surface area (Å²) in [5.41, 5.74) is 7.15. The van der Waals surface area contributed by atoms with Crippen LogP contribution >= 0.6 is 0 Å². The molecule has 0 unspecified atom stereocenters. The number of pyridine rings is 2. The Morgan fingerprint density at radius 3 is 2.79 bits per heavy atom. The lowest BCUT2D eigenvalue weighted by Gasteiger charge is -2.35. The second-order valence-corrected chi connectivity index (χ2v) is 9.97. The van der Waals surface area contributed by atoms with Crippen LogP contribution in [-0.2, 0) is 10.0 Å². The van der Waals surface area contributed by atoms with Crippen molar-refractivity contribution >= 4 is 26.6 Å². The fourth-order valence-corrected chi connectivity index (χ4v) is 5.18. The SMILES string of the molecule is CS(=O)(=O)N1CC[C@@H](Nc2cc3c([C@H]4CC[C@H](N)C4)nccc3cn2)[C@H](O)C1. The van der Waals surface area contributed by atoms with E-state index in [9.17, 15) is 13.5 Å². The first kappa shape index (κ1) is 19.5. The van der Waals surface area contributed by atoms with E-state index in [2.05, 4.69) is 15.3 Å². The van der Waals surface area contributed by atoms with E-state index in [4.69, 9.17) is 5.73 Å². The maximum Gasteiger partial charge on any atom is 0.211 e. The Labute approximate surface area is 165 Å². The molecule has 1 saturated carbocycles. The molecule has 0 aromatic carbocycles. The molecule has 8 nitrogen and oxygen atoms in total. The number of hydrogen-bond donors (Lipinski definition) is 3. The van der Waals surface area contributed by atoms with Crippen LogP contribution in [0.3, 0.4) is 0 Å². The van der Waals surface area contributed by atoms with Gasteiger partial charge in [-0.3, -0.25) is 4.98 Å². The number of nitrogens with one attached hydrogen (secondary N) is 1. The van der Waals surface area contributed by atoms with Gasteiger partial charge in [-0.1, -0.05) is 0 Å². The van der Waals surface area contributed by atoms with Gasteiger partial charge in [-0.15, -0.1) is 0 Å². The van der Waals surface area contributed by atoms with E-state index < -0.39 is 16.1 Å². The van der Waals surface area contributed by atoms with Crippen LogP contribution in [0.5, 0.6) is 0 Å². The molecular formula is C19H27N5O3S. The molecule has 1 aliphatic carbocycles. The summed E-state index contributed by atoms with van der Waals surface area (Å²) in [4.78, 5) is 9.11. The molecule has 4 atom stereocenters. The minimum absolute atomic E-state index is 0.0941. The molecule has 2 fully saturated rings. The number of anilines is 1. The van der Waals surface area contributed by atoms with Crippen molar-refractivity contribution in [2.24, 2.45) is 5.73 Å². The van der Waals surface area contributed by atoms with E-state index in [0.717, 1.165) is 35.7 Å². The third-order valence-electron chi connectivity index (χ3n) is 5.89. The number of rotatable bonds is 4. The van der Waals surface area contributed by atoms with Gasteiger partial charge in [0.1, 0.15) is 5.82 Å². The largest absolute Gasteiger partial charge is 0.390 e. The maximum atomic E-state index is 11.7. The van der Waals surface area contributed by atoms with Gasteiger partial charge in [-0.25, -0.2) is 13.4 Å². The molecular weight excluding hydrogens is 378 g/mol. The van der Waals surface area contributed by atoms with Gasteiger partial charge in [-0.2, -0.15) is 4.31 Å². The summed E-state index contributed by atoms with van der Waals surface area (Å²) in [5, 5.41) is 15.8. The third kappa shape index (κ3) is 3.98. The Morgan fingerprint density at radius 1 is 1.29 bits per heavy atom. The standard InChI is InChI=1S/C19H27N5O3S/c1-28(26,27)24-7-5-16(17(25)11-24)23-18-9-15-13(10-22-18)4-6-21-19(15)12-2-3-14(20)8-12/h4,6,9-10,12,14,16-17,25H,2-3,5,7-8,11,20H2,1H3,(H,22,23)/t12-,14-,16+,17+/m0/s1. The molecule has 0 bridgehead atoms. The van der Waals surface area contributed by atoms with E-state index in [0.29, 0.717) is 24.7 Å². The predicted octanol–water partition coefficient (Wildman–Crippen LogP) is 1.03. The molecule has 0 radical (unpaired) electrons. The van der Waals surface area contributed by atoms with Crippen molar-refractivity contribution in [3.8, 4) is 0 Å². The van der Waals surface area contributed by atoms with Crippen LogP contribution in [0, 0.1) is 0 Å².